The van der Waals surface area contributed by atoms with Gasteiger partial charge in [0.25, 0.3) is 0 Å². The molecule has 2 aromatic heterocycles. The van der Waals surface area contributed by atoms with Gasteiger partial charge in [0.2, 0.25) is 5.28 Å². The second kappa shape index (κ2) is 17.6. The van der Waals surface area contributed by atoms with Gasteiger partial charge in [0.05, 0.1) is 22.4 Å². The van der Waals surface area contributed by atoms with Gasteiger partial charge in [-0.15, -0.1) is 0 Å². The molecule has 320 valence electrons. The summed E-state index contributed by atoms with van der Waals surface area (Å²) >= 11 is 6.62. The Labute approximate surface area is 400 Å². The normalized spacial score (nSPS) is 11.3. The average molecular weight is 889 g/mol. The highest BCUT2D eigenvalue weighted by molar-refractivity contribution is 6.28. The highest BCUT2D eigenvalue weighted by Gasteiger charge is 2.15. The van der Waals surface area contributed by atoms with E-state index < -0.39 is 0 Å². The zero-order chi connectivity index (χ0) is 45.4. The molecule has 0 atom stereocenters. The van der Waals surface area contributed by atoms with Crippen LogP contribution < -0.4 is 0 Å². The average Bonchev–Trinajstić information content (AvgIpc) is 3.75. The minimum Gasteiger partial charge on any atom is -0.309 e. The molecule has 0 aliphatic rings. The van der Waals surface area contributed by atoms with Crippen LogP contribution in [-0.2, 0) is 0 Å². The first-order chi connectivity index (χ1) is 33.6. The van der Waals surface area contributed by atoms with Crippen LogP contribution in [0.25, 0.3) is 117 Å². The van der Waals surface area contributed by atoms with Crippen LogP contribution in [0, 0.1) is 0 Å². The Hall–Kier alpha value is -8.63. The molecule has 4 heteroatoms. The molecular weight excluding hydrogens is 846 g/mol. The van der Waals surface area contributed by atoms with E-state index in [1.54, 1.807) is 0 Å². The lowest BCUT2D eigenvalue weighted by Gasteiger charge is -2.12. The van der Waals surface area contributed by atoms with Crippen LogP contribution in [0.2, 0.25) is 5.28 Å². The molecule has 0 spiro atoms. The van der Waals surface area contributed by atoms with Gasteiger partial charge in [-0.1, -0.05) is 206 Å². The fourth-order valence-corrected chi connectivity index (χ4v) is 9.71. The van der Waals surface area contributed by atoms with E-state index in [9.17, 15) is 0 Å². The molecule has 0 N–H and O–H groups in total. The van der Waals surface area contributed by atoms with E-state index in [1.807, 2.05) is 6.07 Å². The van der Waals surface area contributed by atoms with Gasteiger partial charge in [0.15, 0.2) is 0 Å². The van der Waals surface area contributed by atoms with Crippen molar-refractivity contribution in [3.05, 3.63) is 260 Å². The molecule has 12 rings (SSSR count). The number of benzene rings is 10. The number of hydrogen-bond acceptors (Lipinski definition) is 2. The summed E-state index contributed by atoms with van der Waals surface area (Å²) in [6.07, 6.45) is 0. The predicted octanol–water partition coefficient (Wildman–Crippen LogP) is 17.6. The molecule has 68 heavy (non-hydrogen) atoms. The number of rotatable bonds is 9. The monoisotopic (exact) mass is 887 g/mol. The van der Waals surface area contributed by atoms with Crippen LogP contribution in [0.4, 0.5) is 0 Å². The SMILES string of the molecule is Clc1nc(-c2ccc(-c3cccc(-c4cccc(-c5ccccc5)c4)c3)cc2)cc(-c2ccc(-c3cccc(-c4ccc5c6ccccc6n(-c6cccc(-c7ccccc7)c6)c5c4)c3)cc2)n1. The number of fused-ring (bicyclic) bond motifs is 3. The first kappa shape index (κ1) is 40.8. The lowest BCUT2D eigenvalue weighted by Crippen LogP contribution is -1.94. The summed E-state index contributed by atoms with van der Waals surface area (Å²) in [5.41, 5.74) is 21.0. The van der Waals surface area contributed by atoms with Crippen molar-refractivity contribution in [1.29, 1.82) is 0 Å². The van der Waals surface area contributed by atoms with Crippen molar-refractivity contribution in [2.24, 2.45) is 0 Å². The molecule has 0 saturated heterocycles. The number of para-hydroxylation sites is 1. The van der Waals surface area contributed by atoms with Gasteiger partial charge in [-0.3, -0.25) is 0 Å². The molecular formula is C64H42ClN3. The Bertz CT molecular complexity index is 3780. The summed E-state index contributed by atoms with van der Waals surface area (Å²) in [7, 11) is 0. The Morgan fingerprint density at radius 2 is 0.603 bits per heavy atom. The Balaban J connectivity index is 0.803. The third-order valence-electron chi connectivity index (χ3n) is 13.0. The second-order valence-electron chi connectivity index (χ2n) is 17.2. The van der Waals surface area contributed by atoms with E-state index in [1.165, 1.54) is 55.2 Å². The molecule has 0 aliphatic heterocycles. The fourth-order valence-electron chi connectivity index (χ4n) is 9.53. The Morgan fingerprint density at radius 3 is 1.12 bits per heavy atom. The quantitative estimate of drug-likeness (QED) is 0.135. The maximum Gasteiger partial charge on any atom is 0.223 e. The van der Waals surface area contributed by atoms with E-state index >= 15 is 0 Å². The molecule has 10 aromatic carbocycles. The number of aromatic nitrogens is 3. The number of nitrogens with zero attached hydrogens (tertiary/aromatic N) is 3. The van der Waals surface area contributed by atoms with Crippen LogP contribution in [0.5, 0.6) is 0 Å². The standard InChI is InChI=1S/C64H42ClN3/c65-64-66-60(47-31-27-45(28-32-47)50-18-10-21-53(38-50)52-20-9-17-49(37-52)43-13-3-1-4-14-43)42-61(67-64)48-33-29-46(30-34-48)51-19-11-22-54(39-51)56-35-36-59-58-25-7-8-26-62(58)68(63(59)41-56)57-24-12-23-55(40-57)44-15-5-2-6-16-44/h1-42H. The van der Waals surface area contributed by atoms with Crippen LogP contribution >= 0.6 is 11.6 Å². The van der Waals surface area contributed by atoms with E-state index in [2.05, 4.69) is 263 Å². The third kappa shape index (κ3) is 7.96. The van der Waals surface area contributed by atoms with Gasteiger partial charge in [-0.05, 0) is 127 Å². The number of hydrogen-bond donors (Lipinski definition) is 0. The second-order valence-corrected chi connectivity index (χ2v) is 17.5. The number of halogens is 1. The fraction of sp³-hybridized carbons (Fsp3) is 0. The summed E-state index contributed by atoms with van der Waals surface area (Å²) in [5.74, 6) is 0. The van der Waals surface area contributed by atoms with Crippen LogP contribution in [0.15, 0.2) is 255 Å². The summed E-state index contributed by atoms with van der Waals surface area (Å²) in [5, 5.41) is 2.68. The summed E-state index contributed by atoms with van der Waals surface area (Å²) < 4.78 is 2.40. The van der Waals surface area contributed by atoms with E-state index in [0.29, 0.717) is 0 Å². The van der Waals surface area contributed by atoms with Crippen LogP contribution in [0.3, 0.4) is 0 Å². The van der Waals surface area contributed by atoms with Crippen molar-refractivity contribution in [3.63, 3.8) is 0 Å². The van der Waals surface area contributed by atoms with Crippen molar-refractivity contribution >= 4 is 33.4 Å². The molecule has 0 amide bonds. The maximum absolute atomic E-state index is 6.62. The molecule has 0 bridgehead atoms. The molecule has 0 radical (unpaired) electrons. The molecule has 0 aliphatic carbocycles. The van der Waals surface area contributed by atoms with Crippen molar-refractivity contribution in [2.45, 2.75) is 0 Å². The summed E-state index contributed by atoms with van der Waals surface area (Å²) in [6.45, 7) is 0. The van der Waals surface area contributed by atoms with Gasteiger partial charge in [0.1, 0.15) is 0 Å². The van der Waals surface area contributed by atoms with Gasteiger partial charge >= 0.3 is 0 Å². The van der Waals surface area contributed by atoms with Crippen LogP contribution in [-0.4, -0.2) is 14.5 Å². The van der Waals surface area contributed by atoms with E-state index in [4.69, 9.17) is 11.6 Å². The first-order valence-corrected chi connectivity index (χ1v) is 23.3. The highest BCUT2D eigenvalue weighted by atomic mass is 35.5. The van der Waals surface area contributed by atoms with Gasteiger partial charge < -0.3 is 4.57 Å². The summed E-state index contributed by atoms with van der Waals surface area (Å²) in [6, 6.07) is 90.8. The third-order valence-corrected chi connectivity index (χ3v) is 13.1. The minimum atomic E-state index is 0.212. The van der Waals surface area contributed by atoms with Crippen molar-refractivity contribution < 1.29 is 0 Å². The van der Waals surface area contributed by atoms with Crippen molar-refractivity contribution in [2.75, 3.05) is 0 Å². The summed E-state index contributed by atoms with van der Waals surface area (Å²) in [4.78, 5) is 9.30. The predicted molar refractivity (Wildman–Crippen MR) is 285 cm³/mol. The highest BCUT2D eigenvalue weighted by Crippen LogP contribution is 2.38. The maximum atomic E-state index is 6.62. The smallest absolute Gasteiger partial charge is 0.223 e. The van der Waals surface area contributed by atoms with Crippen molar-refractivity contribution in [3.8, 4) is 95.0 Å². The molecule has 0 unspecified atom stereocenters. The minimum absolute atomic E-state index is 0.212. The van der Waals surface area contributed by atoms with Crippen LogP contribution in [0.1, 0.15) is 0 Å². The van der Waals surface area contributed by atoms with E-state index in [0.717, 1.165) is 61.6 Å². The first-order valence-electron chi connectivity index (χ1n) is 22.9. The molecule has 2 heterocycles. The van der Waals surface area contributed by atoms with Gasteiger partial charge in [0, 0.05) is 27.6 Å². The zero-order valence-corrected chi connectivity index (χ0v) is 37.7. The van der Waals surface area contributed by atoms with E-state index in [-0.39, 0.29) is 5.28 Å². The lowest BCUT2D eigenvalue weighted by molar-refractivity contribution is 1.18. The Morgan fingerprint density at radius 1 is 0.250 bits per heavy atom. The van der Waals surface area contributed by atoms with Gasteiger partial charge in [-0.2, -0.15) is 0 Å². The lowest BCUT2D eigenvalue weighted by atomic mass is 9.95. The van der Waals surface area contributed by atoms with Gasteiger partial charge in [-0.25, -0.2) is 9.97 Å². The molecule has 0 fully saturated rings. The molecule has 0 saturated carbocycles. The zero-order valence-electron chi connectivity index (χ0n) is 37.0. The topological polar surface area (TPSA) is 30.7 Å². The largest absolute Gasteiger partial charge is 0.309 e. The Kier molecular flexibility index (Phi) is 10.6. The molecule has 12 aromatic rings. The van der Waals surface area contributed by atoms with Crippen molar-refractivity contribution in [1.82, 2.24) is 14.5 Å². The molecule has 3 nitrogen and oxygen atoms in total.